The van der Waals surface area contributed by atoms with Gasteiger partial charge in [-0.3, -0.25) is 4.40 Å². The number of imidazole rings is 1. The smallest absolute Gasteiger partial charge is 0.138 e. The second-order valence-corrected chi connectivity index (χ2v) is 11.7. The monoisotopic (exact) mass is 602 g/mol. The Labute approximate surface area is 273 Å². The molecule has 3 heterocycles. The maximum absolute atomic E-state index is 5.14. The number of nitrogens with zero attached hydrogens (tertiary/aromatic N) is 4. The van der Waals surface area contributed by atoms with Crippen LogP contribution in [0.3, 0.4) is 0 Å². The van der Waals surface area contributed by atoms with Gasteiger partial charge in [0.1, 0.15) is 5.65 Å². The largest absolute Gasteiger partial charge is 0.310 e. The van der Waals surface area contributed by atoms with E-state index in [4.69, 9.17) is 4.98 Å². The molecule has 47 heavy (non-hydrogen) atoms. The quantitative estimate of drug-likeness (QED) is 0.189. The zero-order chi connectivity index (χ0) is 31.2. The van der Waals surface area contributed by atoms with Crippen LogP contribution in [0.2, 0.25) is 0 Å². The first-order chi connectivity index (χ1) is 23.3. The number of aromatic nitrogens is 3. The molecule has 0 radical (unpaired) electrons. The molecule has 0 aliphatic carbocycles. The molecule has 6 aromatic carbocycles. The summed E-state index contributed by atoms with van der Waals surface area (Å²) in [7, 11) is 0. The predicted molar refractivity (Wildman–Crippen MR) is 195 cm³/mol. The van der Waals surface area contributed by atoms with Crippen LogP contribution in [0.5, 0.6) is 0 Å². The molecule has 0 N–H and O–H groups in total. The van der Waals surface area contributed by atoms with Crippen LogP contribution in [0.4, 0.5) is 17.1 Å². The number of hydrogen-bond acceptors (Lipinski definition) is 2. The van der Waals surface area contributed by atoms with Crippen molar-refractivity contribution in [3.63, 3.8) is 0 Å². The van der Waals surface area contributed by atoms with E-state index in [2.05, 4.69) is 190 Å². The summed E-state index contributed by atoms with van der Waals surface area (Å²) in [5.74, 6) is 0. The molecule has 0 fully saturated rings. The van der Waals surface area contributed by atoms with Gasteiger partial charge >= 0.3 is 0 Å². The molecule has 4 nitrogen and oxygen atoms in total. The van der Waals surface area contributed by atoms with E-state index in [1.54, 1.807) is 0 Å². The van der Waals surface area contributed by atoms with Gasteiger partial charge in [0.25, 0.3) is 0 Å². The van der Waals surface area contributed by atoms with Gasteiger partial charge in [0, 0.05) is 45.2 Å². The fraction of sp³-hybridized carbons (Fsp3) is 0. The fourth-order valence-corrected chi connectivity index (χ4v) is 6.81. The normalized spacial score (nSPS) is 11.4. The van der Waals surface area contributed by atoms with Gasteiger partial charge in [0.2, 0.25) is 0 Å². The van der Waals surface area contributed by atoms with Crippen molar-refractivity contribution in [3.8, 4) is 28.2 Å². The van der Waals surface area contributed by atoms with Gasteiger partial charge in [-0.1, -0.05) is 115 Å². The topological polar surface area (TPSA) is 25.5 Å². The van der Waals surface area contributed by atoms with Crippen LogP contribution < -0.4 is 4.90 Å². The molecule has 3 aromatic heterocycles. The highest BCUT2D eigenvalue weighted by atomic mass is 15.1. The van der Waals surface area contributed by atoms with Crippen LogP contribution in [0.1, 0.15) is 0 Å². The Kier molecular flexibility index (Phi) is 6.43. The molecule has 0 atom stereocenters. The Morgan fingerprint density at radius 3 is 1.70 bits per heavy atom. The van der Waals surface area contributed by atoms with Gasteiger partial charge in [0.15, 0.2) is 0 Å². The molecule has 0 aliphatic heterocycles. The number of pyridine rings is 1. The van der Waals surface area contributed by atoms with Gasteiger partial charge in [-0.25, -0.2) is 4.98 Å². The summed E-state index contributed by atoms with van der Waals surface area (Å²) < 4.78 is 4.62. The first kappa shape index (κ1) is 27.0. The summed E-state index contributed by atoms with van der Waals surface area (Å²) in [6.07, 6.45) is 2.23. The number of para-hydroxylation sites is 3. The Bertz CT molecular complexity index is 2460. The molecule has 0 unspecified atom stereocenters. The summed E-state index contributed by atoms with van der Waals surface area (Å²) >= 11 is 0. The Hall–Kier alpha value is -6.39. The lowest BCUT2D eigenvalue weighted by atomic mass is 10.1. The van der Waals surface area contributed by atoms with Crippen LogP contribution >= 0.6 is 0 Å². The van der Waals surface area contributed by atoms with Crippen LogP contribution in [-0.2, 0) is 0 Å². The standard InChI is InChI=1S/C43H30N4/c1-5-15-31(16-6-1)42-43(32-17-7-2-8-18-32)45-30-36(26-28-41(45)44-42)47-39-24-14-13-23-37(39)38-29-35(25-27-40(38)47)46(33-19-9-3-10-20-33)34-21-11-4-12-22-34/h1-30H. The van der Waals surface area contributed by atoms with E-state index in [-0.39, 0.29) is 0 Å². The number of fused-ring (bicyclic) bond motifs is 4. The molecule has 9 rings (SSSR count). The molecule has 4 heteroatoms. The minimum atomic E-state index is 0.913. The molecule has 0 bridgehead atoms. The second kappa shape index (κ2) is 11.2. The molecule has 0 saturated heterocycles. The van der Waals surface area contributed by atoms with E-state index in [1.165, 1.54) is 10.8 Å². The van der Waals surface area contributed by atoms with E-state index in [0.717, 1.165) is 61.9 Å². The predicted octanol–water partition coefficient (Wildman–Crippen LogP) is 11.2. The average Bonchev–Trinajstić information content (AvgIpc) is 3.69. The first-order valence-electron chi connectivity index (χ1n) is 15.9. The van der Waals surface area contributed by atoms with Gasteiger partial charge in [-0.2, -0.15) is 0 Å². The Morgan fingerprint density at radius 2 is 1.02 bits per heavy atom. The van der Waals surface area contributed by atoms with E-state index < -0.39 is 0 Å². The summed E-state index contributed by atoms with van der Waals surface area (Å²) in [5, 5.41) is 2.42. The Balaban J connectivity index is 1.27. The van der Waals surface area contributed by atoms with Crippen LogP contribution in [0.15, 0.2) is 182 Å². The SMILES string of the molecule is c1ccc(-c2nc3ccc(-n4c5ccccc5c5cc(N(c6ccccc6)c6ccccc6)ccc54)cn3c2-c2ccccc2)cc1. The summed E-state index contributed by atoms with van der Waals surface area (Å²) in [4.78, 5) is 7.46. The van der Waals surface area contributed by atoms with Crippen molar-refractivity contribution in [2.75, 3.05) is 4.90 Å². The molecular formula is C43H30N4. The van der Waals surface area contributed by atoms with Gasteiger partial charge in [-0.05, 0) is 60.7 Å². The maximum atomic E-state index is 5.14. The average molecular weight is 603 g/mol. The van der Waals surface area contributed by atoms with Gasteiger partial charge in [0.05, 0.1) is 28.1 Å². The molecule has 0 saturated carbocycles. The highest BCUT2D eigenvalue weighted by Gasteiger charge is 2.20. The van der Waals surface area contributed by atoms with Crippen LogP contribution in [0, 0.1) is 0 Å². The summed E-state index contributed by atoms with van der Waals surface area (Å²) in [5.41, 5.74) is 11.9. The minimum Gasteiger partial charge on any atom is -0.310 e. The number of benzene rings is 6. The van der Waals surface area contributed by atoms with Crippen molar-refractivity contribution < 1.29 is 0 Å². The summed E-state index contributed by atoms with van der Waals surface area (Å²) in [6.45, 7) is 0. The molecule has 0 spiro atoms. The zero-order valence-electron chi connectivity index (χ0n) is 25.6. The molecule has 0 amide bonds. The molecule has 9 aromatic rings. The molecular weight excluding hydrogens is 573 g/mol. The third-order valence-corrected chi connectivity index (χ3v) is 8.90. The first-order valence-corrected chi connectivity index (χ1v) is 15.9. The highest BCUT2D eigenvalue weighted by molar-refractivity contribution is 6.10. The van der Waals surface area contributed by atoms with Gasteiger partial charge in [-0.15, -0.1) is 0 Å². The third-order valence-electron chi connectivity index (χ3n) is 8.90. The van der Waals surface area contributed by atoms with E-state index in [1.807, 2.05) is 6.07 Å². The lowest BCUT2D eigenvalue weighted by Gasteiger charge is -2.25. The van der Waals surface area contributed by atoms with Crippen molar-refractivity contribution in [1.29, 1.82) is 0 Å². The maximum Gasteiger partial charge on any atom is 0.138 e. The van der Waals surface area contributed by atoms with Crippen LogP contribution in [0.25, 0.3) is 55.7 Å². The highest BCUT2D eigenvalue weighted by Crippen LogP contribution is 2.40. The minimum absolute atomic E-state index is 0.913. The van der Waals surface area contributed by atoms with E-state index in [9.17, 15) is 0 Å². The van der Waals surface area contributed by atoms with Crippen molar-refractivity contribution >= 4 is 44.5 Å². The molecule has 222 valence electrons. The van der Waals surface area contributed by atoms with Crippen molar-refractivity contribution in [3.05, 3.63) is 182 Å². The lowest BCUT2D eigenvalue weighted by Crippen LogP contribution is -2.09. The number of hydrogen-bond donors (Lipinski definition) is 0. The van der Waals surface area contributed by atoms with Gasteiger partial charge < -0.3 is 9.47 Å². The lowest BCUT2D eigenvalue weighted by molar-refractivity contribution is 1.10. The van der Waals surface area contributed by atoms with E-state index >= 15 is 0 Å². The zero-order valence-corrected chi connectivity index (χ0v) is 25.6. The summed E-state index contributed by atoms with van der Waals surface area (Å²) in [6, 6.07) is 62.0. The number of rotatable bonds is 6. The van der Waals surface area contributed by atoms with E-state index in [0.29, 0.717) is 0 Å². The Morgan fingerprint density at radius 1 is 0.447 bits per heavy atom. The number of anilines is 3. The molecule has 0 aliphatic rings. The van der Waals surface area contributed by atoms with Crippen molar-refractivity contribution in [1.82, 2.24) is 14.0 Å². The fourth-order valence-electron chi connectivity index (χ4n) is 6.81. The van der Waals surface area contributed by atoms with Crippen LogP contribution in [-0.4, -0.2) is 14.0 Å². The second-order valence-electron chi connectivity index (χ2n) is 11.7. The van der Waals surface area contributed by atoms with Crippen molar-refractivity contribution in [2.45, 2.75) is 0 Å². The van der Waals surface area contributed by atoms with Crippen molar-refractivity contribution in [2.24, 2.45) is 0 Å². The third kappa shape index (κ3) is 4.58.